The first-order valence-corrected chi connectivity index (χ1v) is 18.8. The van der Waals surface area contributed by atoms with Crippen molar-refractivity contribution in [2.24, 2.45) is 71.0 Å². The van der Waals surface area contributed by atoms with Gasteiger partial charge in [-0.25, -0.2) is 0 Å². The fourth-order valence-electron chi connectivity index (χ4n) is 12.8. The summed E-state index contributed by atoms with van der Waals surface area (Å²) in [5.74, 6) is 13.3. The Bertz CT molecular complexity index is 703. The zero-order valence-corrected chi connectivity index (χ0v) is 35.9. The summed E-state index contributed by atoms with van der Waals surface area (Å²) in [6.45, 7) is 0. The molecule has 9 aliphatic rings. The normalized spacial score (nSPS) is 46.3. The van der Waals surface area contributed by atoms with Crippen molar-refractivity contribution in [2.75, 3.05) is 0 Å². The van der Waals surface area contributed by atoms with Crippen molar-refractivity contribution < 1.29 is 98.1 Å². The summed E-state index contributed by atoms with van der Waals surface area (Å²) in [4.78, 5) is 0. The van der Waals surface area contributed by atoms with Crippen LogP contribution in [-0.2, 0) is 98.1 Å². The van der Waals surface area contributed by atoms with Gasteiger partial charge >= 0.3 is 0 Å². The molecule has 0 spiro atoms. The Balaban J connectivity index is 0.000000140. The molecule has 9 fully saturated rings. The molecule has 0 amide bonds. The summed E-state index contributed by atoms with van der Waals surface area (Å²) in [5.41, 5.74) is 0. The second-order valence-corrected chi connectivity index (χ2v) is 16.4. The van der Waals surface area contributed by atoms with E-state index in [1.54, 1.807) is 70.6 Å². The SMILES string of the molecule is [CH-]1CCC2C1CCC1CCCCC12.[CH-]1CCC2CC3CCCCC3CC12.[CH-]1CCC2CCC3CCCCC3C12.[Y].[Y].[Y]. The largest absolute Gasteiger partial charge is 0.325 e. The second kappa shape index (κ2) is 18.9. The predicted molar refractivity (Wildman–Crippen MR) is 166 cm³/mol. The van der Waals surface area contributed by atoms with Crippen LogP contribution >= 0.6 is 0 Å². The van der Waals surface area contributed by atoms with E-state index in [4.69, 9.17) is 0 Å². The van der Waals surface area contributed by atoms with Crippen molar-refractivity contribution in [3.05, 3.63) is 19.3 Å². The van der Waals surface area contributed by atoms with E-state index in [0.29, 0.717) is 0 Å². The molecule has 9 aliphatic carbocycles. The van der Waals surface area contributed by atoms with Gasteiger partial charge in [0.15, 0.2) is 0 Å². The molecule has 0 aromatic rings. The molecule has 0 heterocycles. The van der Waals surface area contributed by atoms with Crippen LogP contribution in [0.25, 0.3) is 0 Å². The molecule has 0 aliphatic heterocycles. The molecule has 12 unspecified atom stereocenters. The van der Waals surface area contributed by atoms with E-state index in [2.05, 4.69) is 19.3 Å². The quantitative estimate of drug-likeness (QED) is 0.214. The van der Waals surface area contributed by atoms with Crippen LogP contribution in [0.1, 0.15) is 154 Å². The first kappa shape index (κ1) is 38.1. The summed E-state index contributed by atoms with van der Waals surface area (Å²) in [5, 5.41) is 0. The van der Waals surface area contributed by atoms with Crippen LogP contribution in [0.5, 0.6) is 0 Å². The number of fused-ring (bicyclic) bond motifs is 8. The van der Waals surface area contributed by atoms with E-state index < -0.39 is 0 Å². The standard InChI is InChI=1S/3C13H21.3Y/c2*1-2-6-12-10(4-1)8-9-11-5-3-7-13(11)12;1-2-5-11-9-13-7-3-6-12(13)8-10(11)4-1;;;/h7,10-13H,1-6,8-9H2;5,10-13H,1-4,6-9H2;6,10-13H,1-5,7-9H2;;;/q3*-1;;;. The minimum Gasteiger partial charge on any atom is -0.325 e. The summed E-state index contributed by atoms with van der Waals surface area (Å²) in [7, 11) is 0. The Kier molecular flexibility index (Phi) is 17.2. The Morgan fingerprint density at radius 1 is 0.310 bits per heavy atom. The minimum atomic E-state index is 0. The third-order valence-corrected chi connectivity index (χ3v) is 14.7. The van der Waals surface area contributed by atoms with Gasteiger partial charge in [-0.15, -0.1) is 0 Å². The molecular formula is C39H63Y3-3. The number of rotatable bonds is 0. The molecule has 0 aromatic carbocycles. The maximum absolute atomic E-state index is 2.67. The van der Waals surface area contributed by atoms with E-state index in [0.717, 1.165) is 71.0 Å². The summed E-state index contributed by atoms with van der Waals surface area (Å²) in [6.07, 6.45) is 44.7. The van der Waals surface area contributed by atoms with Gasteiger partial charge in [-0.05, 0) is 36.0 Å². The van der Waals surface area contributed by atoms with Crippen molar-refractivity contribution in [3.8, 4) is 0 Å². The van der Waals surface area contributed by atoms with Crippen molar-refractivity contribution in [1.29, 1.82) is 0 Å². The van der Waals surface area contributed by atoms with Crippen LogP contribution in [0.15, 0.2) is 0 Å². The van der Waals surface area contributed by atoms with E-state index >= 15 is 0 Å². The summed E-state index contributed by atoms with van der Waals surface area (Å²) >= 11 is 0. The van der Waals surface area contributed by atoms with E-state index in [9.17, 15) is 0 Å². The maximum atomic E-state index is 2.67. The Morgan fingerprint density at radius 3 is 1.62 bits per heavy atom. The van der Waals surface area contributed by atoms with Gasteiger partial charge in [0, 0.05) is 98.1 Å². The molecule has 0 bridgehead atoms. The molecule has 9 saturated carbocycles. The predicted octanol–water partition coefficient (Wildman–Crippen LogP) is 11.4. The van der Waals surface area contributed by atoms with Crippen LogP contribution in [0.2, 0.25) is 0 Å². The first-order chi connectivity index (χ1) is 19.3. The zero-order valence-electron chi connectivity index (χ0n) is 27.4. The third-order valence-electron chi connectivity index (χ3n) is 14.7. The van der Waals surface area contributed by atoms with Gasteiger partial charge < -0.3 is 19.3 Å². The summed E-state index contributed by atoms with van der Waals surface area (Å²) in [6, 6.07) is 0. The van der Waals surface area contributed by atoms with Gasteiger partial charge in [-0.3, -0.25) is 0 Å². The van der Waals surface area contributed by atoms with Crippen LogP contribution in [0.4, 0.5) is 0 Å². The first-order valence-electron chi connectivity index (χ1n) is 18.8. The van der Waals surface area contributed by atoms with Gasteiger partial charge in [0.1, 0.15) is 0 Å². The van der Waals surface area contributed by atoms with E-state index in [-0.39, 0.29) is 98.1 Å². The van der Waals surface area contributed by atoms with Crippen LogP contribution in [-0.4, -0.2) is 0 Å². The molecule has 231 valence electrons. The van der Waals surface area contributed by atoms with E-state index in [1.807, 2.05) is 0 Å². The smallest absolute Gasteiger partial charge is 0 e. The minimum absolute atomic E-state index is 0. The Labute approximate surface area is 338 Å². The van der Waals surface area contributed by atoms with Crippen molar-refractivity contribution in [2.45, 2.75) is 154 Å². The fourth-order valence-corrected chi connectivity index (χ4v) is 12.8. The van der Waals surface area contributed by atoms with Crippen molar-refractivity contribution >= 4 is 0 Å². The molecule has 3 radical (unpaired) electrons. The molecule has 0 nitrogen and oxygen atoms in total. The fraction of sp³-hybridized carbons (Fsp3) is 0.923. The number of hydrogen-bond acceptors (Lipinski definition) is 0. The Morgan fingerprint density at radius 2 is 0.833 bits per heavy atom. The van der Waals surface area contributed by atoms with E-state index in [1.165, 1.54) is 83.5 Å². The van der Waals surface area contributed by atoms with Gasteiger partial charge in [0.05, 0.1) is 0 Å². The molecule has 0 N–H and O–H groups in total. The topological polar surface area (TPSA) is 0 Å². The van der Waals surface area contributed by atoms with Gasteiger partial charge in [-0.2, -0.15) is 37.0 Å². The molecular weight excluding hydrogens is 735 g/mol. The average Bonchev–Trinajstić information content (AvgIpc) is 3.77. The van der Waals surface area contributed by atoms with Crippen molar-refractivity contribution in [1.82, 2.24) is 0 Å². The van der Waals surface area contributed by atoms with Crippen LogP contribution < -0.4 is 0 Å². The molecule has 9 rings (SSSR count). The monoisotopic (exact) mass is 798 g/mol. The van der Waals surface area contributed by atoms with Crippen LogP contribution in [0, 0.1) is 90.3 Å². The van der Waals surface area contributed by atoms with Gasteiger partial charge in [0.25, 0.3) is 0 Å². The molecule has 42 heavy (non-hydrogen) atoms. The molecule has 0 saturated heterocycles. The third kappa shape index (κ3) is 9.10. The average molecular weight is 799 g/mol. The maximum Gasteiger partial charge on any atom is 0 e. The molecule has 0 aromatic heterocycles. The summed E-state index contributed by atoms with van der Waals surface area (Å²) < 4.78 is 0. The van der Waals surface area contributed by atoms with Gasteiger partial charge in [-0.1, -0.05) is 152 Å². The Hall–Kier alpha value is 3.31. The number of hydrogen-bond donors (Lipinski definition) is 0. The van der Waals surface area contributed by atoms with Crippen LogP contribution in [0.3, 0.4) is 0 Å². The van der Waals surface area contributed by atoms with Crippen molar-refractivity contribution in [3.63, 3.8) is 0 Å². The van der Waals surface area contributed by atoms with Gasteiger partial charge in [0.2, 0.25) is 0 Å². The second-order valence-electron chi connectivity index (χ2n) is 16.4. The molecule has 3 heteroatoms. The molecule has 12 atom stereocenters. The zero-order chi connectivity index (χ0) is 26.0.